The minimum atomic E-state index is -3.80. The van der Waals surface area contributed by atoms with Crippen LogP contribution in [0.25, 0.3) is 22.0 Å². The Bertz CT molecular complexity index is 1540. The summed E-state index contributed by atoms with van der Waals surface area (Å²) in [4.78, 5) is 17.7. The lowest BCUT2D eigenvalue weighted by Crippen LogP contribution is -2.27. The van der Waals surface area contributed by atoms with Crippen LogP contribution in [0.3, 0.4) is 0 Å². The van der Waals surface area contributed by atoms with Gasteiger partial charge in [0.1, 0.15) is 16.8 Å². The molecule has 8 nitrogen and oxygen atoms in total. The number of carbonyl (C=O) groups excluding carboxylic acids is 1. The molecule has 1 amide bonds. The maximum Gasteiger partial charge on any atom is 0.414 e. The highest BCUT2D eigenvalue weighted by Crippen LogP contribution is 2.29. The van der Waals surface area contributed by atoms with E-state index in [2.05, 4.69) is 9.71 Å². The first-order chi connectivity index (χ1) is 17.4. The lowest BCUT2D eigenvalue weighted by molar-refractivity contribution is 0.145. The monoisotopic (exact) mass is 506 g/mol. The standard InChI is InChI=1S/C26H23FN4O4S/c27-23-13-20(31-16-21(14-28)35-26(31)32)10-11-22(23)18-8-6-17(7-9-18)15-30-36(33,34)24-5-1-3-19-4-2-12-29-25(19)24/h1-13,21,30H,14-16,28H2/t21-/m0/s1. The molecule has 3 N–H and O–H groups in total. The van der Waals surface area contributed by atoms with Crippen molar-refractivity contribution in [3.63, 3.8) is 0 Å². The number of carbonyl (C=O) groups is 1. The Morgan fingerprint density at radius 3 is 2.58 bits per heavy atom. The molecule has 0 bridgehead atoms. The van der Waals surface area contributed by atoms with Crippen molar-refractivity contribution in [1.82, 2.24) is 9.71 Å². The predicted octanol–water partition coefficient (Wildman–Crippen LogP) is 3.80. The maximum atomic E-state index is 14.9. The van der Waals surface area contributed by atoms with Gasteiger partial charge in [-0.3, -0.25) is 9.88 Å². The molecule has 1 aliphatic heterocycles. The number of fused-ring (bicyclic) bond motifs is 1. The van der Waals surface area contributed by atoms with Gasteiger partial charge >= 0.3 is 6.09 Å². The Morgan fingerprint density at radius 1 is 1.08 bits per heavy atom. The number of nitrogens with zero attached hydrogens (tertiary/aromatic N) is 2. The number of anilines is 1. The van der Waals surface area contributed by atoms with E-state index in [9.17, 15) is 17.6 Å². The van der Waals surface area contributed by atoms with E-state index in [0.717, 1.165) is 5.39 Å². The number of nitrogens with two attached hydrogens (primary N) is 1. The summed E-state index contributed by atoms with van der Waals surface area (Å²) in [6, 6.07) is 20.0. The molecule has 1 aromatic heterocycles. The molecule has 1 saturated heterocycles. The SMILES string of the molecule is NC[C@H]1CN(c2ccc(-c3ccc(CNS(=O)(=O)c4cccc5cccnc45)cc3)c(F)c2)C(=O)O1. The molecule has 184 valence electrons. The number of benzene rings is 3. The van der Waals surface area contributed by atoms with Crippen molar-refractivity contribution in [3.05, 3.63) is 90.4 Å². The largest absolute Gasteiger partial charge is 0.443 e. The number of pyridine rings is 1. The van der Waals surface area contributed by atoms with Gasteiger partial charge in [0.25, 0.3) is 0 Å². The van der Waals surface area contributed by atoms with Crippen molar-refractivity contribution < 1.29 is 22.3 Å². The number of cyclic esters (lactones) is 1. The quantitative estimate of drug-likeness (QED) is 0.394. The van der Waals surface area contributed by atoms with Gasteiger partial charge in [-0.15, -0.1) is 0 Å². The second kappa shape index (κ2) is 9.65. The summed E-state index contributed by atoms with van der Waals surface area (Å²) in [5, 5.41) is 0.735. The van der Waals surface area contributed by atoms with Crippen LogP contribution in [0.5, 0.6) is 0 Å². The predicted molar refractivity (Wildman–Crippen MR) is 134 cm³/mol. The van der Waals surface area contributed by atoms with Crippen LogP contribution in [0.4, 0.5) is 14.9 Å². The molecule has 0 radical (unpaired) electrons. The Kier molecular flexibility index (Phi) is 6.40. The number of aromatic nitrogens is 1. The maximum absolute atomic E-state index is 14.9. The molecule has 4 aromatic rings. The zero-order valence-electron chi connectivity index (χ0n) is 19.1. The first-order valence-electron chi connectivity index (χ1n) is 11.3. The highest BCUT2D eigenvalue weighted by Gasteiger charge is 2.31. The second-order valence-electron chi connectivity index (χ2n) is 8.37. The summed E-state index contributed by atoms with van der Waals surface area (Å²) in [7, 11) is -3.80. The fourth-order valence-electron chi connectivity index (χ4n) is 4.11. The number of hydrogen-bond donors (Lipinski definition) is 2. The topological polar surface area (TPSA) is 115 Å². The van der Waals surface area contributed by atoms with E-state index in [4.69, 9.17) is 10.5 Å². The molecule has 1 fully saturated rings. The van der Waals surface area contributed by atoms with Crippen LogP contribution < -0.4 is 15.4 Å². The van der Waals surface area contributed by atoms with E-state index in [0.29, 0.717) is 27.9 Å². The van der Waals surface area contributed by atoms with Gasteiger partial charge in [-0.2, -0.15) is 0 Å². The van der Waals surface area contributed by atoms with Gasteiger partial charge in [0, 0.05) is 30.2 Å². The fraction of sp³-hybridized carbons (Fsp3) is 0.154. The summed E-state index contributed by atoms with van der Waals surface area (Å²) >= 11 is 0. The number of para-hydroxylation sites is 1. The van der Waals surface area contributed by atoms with E-state index in [1.54, 1.807) is 66.9 Å². The summed E-state index contributed by atoms with van der Waals surface area (Å²) < 4.78 is 48.5. The van der Waals surface area contributed by atoms with Gasteiger partial charge in [-0.1, -0.05) is 42.5 Å². The Morgan fingerprint density at radius 2 is 1.86 bits per heavy atom. The molecule has 1 atom stereocenters. The number of sulfonamides is 1. The van der Waals surface area contributed by atoms with Crippen molar-refractivity contribution in [2.45, 2.75) is 17.5 Å². The number of halogens is 1. The molecule has 0 spiro atoms. The van der Waals surface area contributed by atoms with E-state index in [1.165, 1.54) is 17.0 Å². The van der Waals surface area contributed by atoms with E-state index >= 15 is 0 Å². The third-order valence-electron chi connectivity index (χ3n) is 6.02. The molecule has 5 rings (SSSR count). The van der Waals surface area contributed by atoms with Crippen LogP contribution in [0, 0.1) is 5.82 Å². The number of rotatable bonds is 7. The van der Waals surface area contributed by atoms with Crippen molar-refractivity contribution in [2.75, 3.05) is 18.0 Å². The Balaban J connectivity index is 1.30. The third-order valence-corrected chi connectivity index (χ3v) is 7.45. The van der Waals surface area contributed by atoms with Gasteiger partial charge in [0.15, 0.2) is 0 Å². The molecule has 0 aliphatic carbocycles. The molecule has 3 aromatic carbocycles. The van der Waals surface area contributed by atoms with Crippen molar-refractivity contribution in [3.8, 4) is 11.1 Å². The molecule has 10 heteroatoms. The summed E-state index contributed by atoms with van der Waals surface area (Å²) in [5.74, 6) is -0.492. The van der Waals surface area contributed by atoms with Crippen LogP contribution in [0.2, 0.25) is 0 Å². The normalized spacial score (nSPS) is 15.9. The van der Waals surface area contributed by atoms with Gasteiger partial charge in [-0.05, 0) is 41.5 Å². The number of hydrogen-bond acceptors (Lipinski definition) is 6. The van der Waals surface area contributed by atoms with Crippen LogP contribution >= 0.6 is 0 Å². The molecule has 0 unspecified atom stereocenters. The van der Waals surface area contributed by atoms with Gasteiger partial charge < -0.3 is 10.5 Å². The summed E-state index contributed by atoms with van der Waals surface area (Å²) in [6.07, 6.45) is 0.588. The molecule has 2 heterocycles. The smallest absolute Gasteiger partial charge is 0.414 e. The van der Waals surface area contributed by atoms with Crippen LogP contribution in [-0.2, 0) is 21.3 Å². The molecule has 36 heavy (non-hydrogen) atoms. The van der Waals surface area contributed by atoms with Crippen LogP contribution in [0.15, 0.2) is 83.9 Å². The molecular formula is C26H23FN4O4S. The van der Waals surface area contributed by atoms with Crippen molar-refractivity contribution >= 4 is 32.7 Å². The number of amides is 1. The fourth-order valence-corrected chi connectivity index (χ4v) is 5.31. The van der Waals surface area contributed by atoms with Gasteiger partial charge in [0.05, 0.1) is 17.7 Å². The second-order valence-corrected chi connectivity index (χ2v) is 10.1. The first-order valence-corrected chi connectivity index (χ1v) is 12.7. The highest BCUT2D eigenvalue weighted by molar-refractivity contribution is 7.89. The van der Waals surface area contributed by atoms with Crippen molar-refractivity contribution in [1.29, 1.82) is 0 Å². The highest BCUT2D eigenvalue weighted by atomic mass is 32.2. The van der Waals surface area contributed by atoms with Gasteiger partial charge in [0.2, 0.25) is 10.0 Å². The minimum absolute atomic E-state index is 0.0621. The van der Waals surface area contributed by atoms with E-state index in [1.807, 2.05) is 0 Å². The first kappa shape index (κ1) is 23.9. The van der Waals surface area contributed by atoms with Crippen LogP contribution in [-0.4, -0.2) is 38.7 Å². The summed E-state index contributed by atoms with van der Waals surface area (Å²) in [5.41, 5.74) is 8.04. The molecule has 0 saturated carbocycles. The molecule has 1 aliphatic rings. The molecular weight excluding hydrogens is 483 g/mol. The average molecular weight is 507 g/mol. The van der Waals surface area contributed by atoms with Gasteiger partial charge in [-0.25, -0.2) is 22.3 Å². The third kappa shape index (κ3) is 4.66. The van der Waals surface area contributed by atoms with Crippen molar-refractivity contribution in [2.24, 2.45) is 5.73 Å². The Hall–Kier alpha value is -3.86. The average Bonchev–Trinajstić information content (AvgIpc) is 3.28. The lowest BCUT2D eigenvalue weighted by atomic mass is 10.0. The lowest BCUT2D eigenvalue weighted by Gasteiger charge is -2.14. The van der Waals surface area contributed by atoms with E-state index < -0.39 is 28.0 Å². The zero-order chi connectivity index (χ0) is 25.3. The Labute approximate surface area is 207 Å². The van der Waals surface area contributed by atoms with E-state index in [-0.39, 0.29) is 24.5 Å². The number of nitrogens with one attached hydrogen (secondary N) is 1. The zero-order valence-corrected chi connectivity index (χ0v) is 19.9. The minimum Gasteiger partial charge on any atom is -0.443 e. The summed E-state index contributed by atoms with van der Waals surface area (Å²) in [6.45, 7) is 0.532. The van der Waals surface area contributed by atoms with Crippen LogP contribution in [0.1, 0.15) is 5.56 Å². The number of ether oxygens (including phenoxy) is 1.